The zero-order chi connectivity index (χ0) is 33.1. The fraction of sp³-hybridized carbons (Fsp3) is 0.683. The third kappa shape index (κ3) is 16.1. The summed E-state index contributed by atoms with van der Waals surface area (Å²) in [6, 6.07) is 19.8. The molecule has 0 aliphatic heterocycles. The average Bonchev–Trinajstić information content (AvgIpc) is 3.08. The number of nitriles is 1. The molecule has 0 radical (unpaired) electrons. The minimum absolute atomic E-state index is 0.145. The number of hydrogen-bond acceptors (Lipinski definition) is 5. The molecule has 2 rings (SSSR count). The van der Waals surface area contributed by atoms with Gasteiger partial charge in [0.2, 0.25) is 0 Å². The van der Waals surface area contributed by atoms with Gasteiger partial charge in [-0.1, -0.05) is 122 Å². The highest BCUT2D eigenvalue weighted by Gasteiger charge is 2.32. The van der Waals surface area contributed by atoms with Crippen LogP contribution in [0.2, 0.25) is 0 Å². The van der Waals surface area contributed by atoms with Crippen LogP contribution in [0.25, 0.3) is 0 Å². The average molecular weight is 632 g/mol. The predicted molar refractivity (Wildman–Crippen MR) is 194 cm³/mol. The van der Waals surface area contributed by atoms with Gasteiger partial charge in [-0.25, -0.2) is 0 Å². The fourth-order valence-electron chi connectivity index (χ4n) is 6.24. The molecule has 0 amide bonds. The molecule has 0 saturated carbocycles. The van der Waals surface area contributed by atoms with Crippen molar-refractivity contribution in [2.24, 2.45) is 10.2 Å². The summed E-state index contributed by atoms with van der Waals surface area (Å²) in [7, 11) is 1.77. The number of unbranched alkanes of at least 4 members (excludes halogenated alkanes) is 11. The molecule has 0 spiro atoms. The van der Waals surface area contributed by atoms with Crippen LogP contribution in [0.4, 0.5) is 0 Å². The number of aryl methyl sites for hydroxylation is 1. The highest BCUT2D eigenvalue weighted by molar-refractivity contribution is 5.38. The van der Waals surface area contributed by atoms with Crippen molar-refractivity contribution in [1.29, 1.82) is 5.26 Å². The molecule has 0 heterocycles. The molecule has 0 fully saturated rings. The van der Waals surface area contributed by atoms with Crippen molar-refractivity contribution >= 4 is 0 Å². The van der Waals surface area contributed by atoms with E-state index in [2.05, 4.69) is 73.5 Å². The van der Waals surface area contributed by atoms with Crippen molar-refractivity contribution < 1.29 is 9.47 Å². The number of ether oxygens (including phenoxy) is 2. The minimum Gasteiger partial charge on any atom is -0.494 e. The molecule has 0 saturated heterocycles. The summed E-state index contributed by atoms with van der Waals surface area (Å²) in [6.07, 6.45) is 22.8. The van der Waals surface area contributed by atoms with E-state index >= 15 is 0 Å². The van der Waals surface area contributed by atoms with Crippen molar-refractivity contribution in [2.75, 3.05) is 20.3 Å². The van der Waals surface area contributed by atoms with Crippen LogP contribution in [-0.4, -0.2) is 26.3 Å². The Balaban J connectivity index is 2.01. The van der Waals surface area contributed by atoms with E-state index in [4.69, 9.17) is 9.47 Å². The fourth-order valence-corrected chi connectivity index (χ4v) is 6.24. The molecule has 0 aliphatic rings. The Morgan fingerprint density at radius 1 is 0.674 bits per heavy atom. The van der Waals surface area contributed by atoms with Crippen LogP contribution in [0.1, 0.15) is 154 Å². The van der Waals surface area contributed by atoms with Gasteiger partial charge in [0.1, 0.15) is 11.5 Å². The highest BCUT2D eigenvalue weighted by atomic mass is 16.5. The molecule has 0 aromatic heterocycles. The van der Waals surface area contributed by atoms with Crippen molar-refractivity contribution in [2.45, 2.75) is 161 Å². The molecular formula is C41H65N3O2. The van der Waals surface area contributed by atoms with Crippen LogP contribution in [0.3, 0.4) is 0 Å². The first-order chi connectivity index (χ1) is 22.6. The molecule has 256 valence electrons. The number of nitrogens with zero attached hydrogens (tertiary/aromatic N) is 3. The van der Waals surface area contributed by atoms with E-state index in [0.717, 1.165) is 101 Å². The number of benzene rings is 2. The second-order valence-electron chi connectivity index (χ2n) is 13.1. The second-order valence-corrected chi connectivity index (χ2v) is 13.1. The van der Waals surface area contributed by atoms with Gasteiger partial charge in [0, 0.05) is 7.05 Å². The molecule has 0 aliphatic carbocycles. The normalized spacial score (nSPS) is 13.4. The Bertz CT molecular complexity index is 1110. The molecule has 2 unspecified atom stereocenters. The van der Waals surface area contributed by atoms with Crippen LogP contribution >= 0.6 is 0 Å². The molecule has 5 nitrogen and oxygen atoms in total. The molecule has 0 bridgehead atoms. The Hall–Kier alpha value is -2.87. The zero-order valence-electron chi connectivity index (χ0n) is 29.9. The first-order valence-corrected chi connectivity index (χ1v) is 18.8. The minimum atomic E-state index is -0.512. The second kappa shape index (κ2) is 25.2. The summed E-state index contributed by atoms with van der Waals surface area (Å²) in [4.78, 5) is 0. The van der Waals surface area contributed by atoms with E-state index in [1.807, 2.05) is 12.1 Å². The first-order valence-electron chi connectivity index (χ1n) is 18.8. The molecule has 2 aromatic carbocycles. The van der Waals surface area contributed by atoms with E-state index < -0.39 is 5.41 Å². The molecule has 0 N–H and O–H groups in total. The smallest absolute Gasteiger partial charge is 0.119 e. The maximum Gasteiger partial charge on any atom is 0.119 e. The quantitative estimate of drug-likeness (QED) is 0.0693. The van der Waals surface area contributed by atoms with Crippen LogP contribution in [-0.2, 0) is 11.8 Å². The Morgan fingerprint density at radius 2 is 1.24 bits per heavy atom. The lowest BCUT2D eigenvalue weighted by molar-refractivity contribution is 0.308. The van der Waals surface area contributed by atoms with Gasteiger partial charge in [-0.2, -0.15) is 15.5 Å². The largest absolute Gasteiger partial charge is 0.494 e. The standard InChI is InChI=1S/C41H65N3O2/c1-5-8-11-12-13-14-15-16-17-18-29-41(35-42,37-23-20-26-40(34-37)46-32-10-7-3)30-21-24-38(44-43-4)28-27-36-22-19-25-39(33-36)45-31-9-6-2/h19-20,22-23,25-26,33-34,38H,5-18,21,24,27-32H2,1-4H3. The molecule has 2 atom stereocenters. The van der Waals surface area contributed by atoms with E-state index in [0.29, 0.717) is 0 Å². The number of azo groups is 1. The summed E-state index contributed by atoms with van der Waals surface area (Å²) >= 11 is 0. The highest BCUT2D eigenvalue weighted by Crippen LogP contribution is 2.37. The number of rotatable bonds is 28. The lowest BCUT2D eigenvalue weighted by Gasteiger charge is -2.28. The van der Waals surface area contributed by atoms with Gasteiger partial charge < -0.3 is 9.47 Å². The van der Waals surface area contributed by atoms with Crippen LogP contribution in [0.5, 0.6) is 11.5 Å². The molecular weight excluding hydrogens is 566 g/mol. The SMILES string of the molecule is CCCCCCCCCCCCC(C#N)(CCCC(CCc1cccc(OCCCC)c1)N=NC)c1cccc(OCCCC)c1. The first kappa shape index (κ1) is 39.3. The zero-order valence-corrected chi connectivity index (χ0v) is 29.9. The van der Waals surface area contributed by atoms with E-state index in [1.54, 1.807) is 7.05 Å². The molecule has 46 heavy (non-hydrogen) atoms. The Morgan fingerprint density at radius 3 is 1.85 bits per heavy atom. The molecule has 5 heteroatoms. The third-order valence-electron chi connectivity index (χ3n) is 9.18. The third-order valence-corrected chi connectivity index (χ3v) is 9.18. The maximum atomic E-state index is 10.8. The summed E-state index contributed by atoms with van der Waals surface area (Å²) in [5.41, 5.74) is 1.87. The topological polar surface area (TPSA) is 67.0 Å². The summed E-state index contributed by atoms with van der Waals surface area (Å²) in [5.74, 6) is 1.83. The van der Waals surface area contributed by atoms with Crippen molar-refractivity contribution in [1.82, 2.24) is 0 Å². The lowest BCUT2D eigenvalue weighted by Crippen LogP contribution is -2.25. The van der Waals surface area contributed by atoms with Crippen LogP contribution < -0.4 is 9.47 Å². The predicted octanol–water partition coefficient (Wildman–Crippen LogP) is 12.4. The lowest BCUT2D eigenvalue weighted by atomic mass is 9.73. The van der Waals surface area contributed by atoms with Gasteiger partial charge >= 0.3 is 0 Å². The van der Waals surface area contributed by atoms with Crippen molar-refractivity contribution in [3.05, 3.63) is 59.7 Å². The van der Waals surface area contributed by atoms with Crippen LogP contribution in [0.15, 0.2) is 58.8 Å². The van der Waals surface area contributed by atoms with E-state index in [-0.39, 0.29) is 6.04 Å². The van der Waals surface area contributed by atoms with Gasteiger partial charge in [-0.05, 0) is 86.8 Å². The molecule has 2 aromatic rings. The summed E-state index contributed by atoms with van der Waals surface area (Å²) < 4.78 is 12.0. The van der Waals surface area contributed by atoms with Gasteiger partial charge in [0.25, 0.3) is 0 Å². The van der Waals surface area contributed by atoms with Gasteiger partial charge in [-0.15, -0.1) is 0 Å². The summed E-state index contributed by atoms with van der Waals surface area (Å²) in [5, 5.41) is 19.6. The van der Waals surface area contributed by atoms with Crippen LogP contribution in [0, 0.1) is 11.3 Å². The maximum absolute atomic E-state index is 10.8. The van der Waals surface area contributed by atoms with Gasteiger partial charge in [0.15, 0.2) is 0 Å². The van der Waals surface area contributed by atoms with Gasteiger partial charge in [0.05, 0.1) is 30.7 Å². The van der Waals surface area contributed by atoms with Crippen molar-refractivity contribution in [3.63, 3.8) is 0 Å². The van der Waals surface area contributed by atoms with Crippen molar-refractivity contribution in [3.8, 4) is 17.6 Å². The number of hydrogen-bond donors (Lipinski definition) is 0. The van der Waals surface area contributed by atoms with E-state index in [1.165, 1.54) is 63.4 Å². The van der Waals surface area contributed by atoms with E-state index in [9.17, 15) is 5.26 Å². The van der Waals surface area contributed by atoms with Gasteiger partial charge in [-0.3, -0.25) is 0 Å². The Labute approximate surface area is 282 Å². The Kier molecular flexibility index (Phi) is 21.6. The monoisotopic (exact) mass is 632 g/mol. The summed E-state index contributed by atoms with van der Waals surface area (Å²) in [6.45, 7) is 8.12.